The molecular formula is C14H14N2O3. The second-order valence-electron chi connectivity index (χ2n) is 4.79. The number of carboxylic acids is 1. The van der Waals surface area contributed by atoms with Crippen LogP contribution in [-0.2, 0) is 4.79 Å². The van der Waals surface area contributed by atoms with Gasteiger partial charge in [0.15, 0.2) is 0 Å². The highest BCUT2D eigenvalue weighted by Gasteiger charge is 2.32. The summed E-state index contributed by atoms with van der Waals surface area (Å²) in [7, 11) is 0. The van der Waals surface area contributed by atoms with E-state index in [1.807, 2.05) is 17.0 Å². The van der Waals surface area contributed by atoms with Crippen LogP contribution < -0.4 is 4.90 Å². The number of aromatic hydroxyl groups is 1. The summed E-state index contributed by atoms with van der Waals surface area (Å²) in [6.45, 7) is -0.0631. The standard InChI is InChI=1S/C14H14N2O3/c17-11-4-1-9-5-6-15-14(12(9)7-11)16(8-13(18)19)10-2-3-10/h1,4-7,10,17H,2-3,8H2,(H,18,19). The van der Waals surface area contributed by atoms with Crippen LogP contribution in [-0.4, -0.2) is 33.8 Å². The Morgan fingerprint density at radius 2 is 2.16 bits per heavy atom. The highest BCUT2D eigenvalue weighted by Crippen LogP contribution is 2.35. The monoisotopic (exact) mass is 258 g/mol. The Balaban J connectivity index is 2.11. The van der Waals surface area contributed by atoms with E-state index in [1.165, 1.54) is 0 Å². The molecule has 1 aliphatic rings. The van der Waals surface area contributed by atoms with E-state index in [0.29, 0.717) is 5.82 Å². The lowest BCUT2D eigenvalue weighted by molar-refractivity contribution is -0.135. The lowest BCUT2D eigenvalue weighted by Crippen LogP contribution is -2.32. The number of nitrogens with zero attached hydrogens (tertiary/aromatic N) is 2. The van der Waals surface area contributed by atoms with Crippen LogP contribution in [0.3, 0.4) is 0 Å². The molecule has 0 atom stereocenters. The van der Waals surface area contributed by atoms with Gasteiger partial charge in [-0.2, -0.15) is 0 Å². The van der Waals surface area contributed by atoms with Crippen molar-refractivity contribution in [1.82, 2.24) is 4.98 Å². The zero-order valence-corrected chi connectivity index (χ0v) is 10.3. The van der Waals surface area contributed by atoms with E-state index >= 15 is 0 Å². The summed E-state index contributed by atoms with van der Waals surface area (Å²) in [6, 6.07) is 7.16. The maximum absolute atomic E-state index is 11.0. The number of fused-ring (bicyclic) bond motifs is 1. The molecule has 98 valence electrons. The van der Waals surface area contributed by atoms with Crippen LogP contribution >= 0.6 is 0 Å². The summed E-state index contributed by atoms with van der Waals surface area (Å²) in [5.41, 5.74) is 0. The molecule has 5 heteroatoms. The molecule has 1 heterocycles. The molecule has 19 heavy (non-hydrogen) atoms. The average molecular weight is 258 g/mol. The van der Waals surface area contributed by atoms with E-state index in [2.05, 4.69) is 4.98 Å². The summed E-state index contributed by atoms with van der Waals surface area (Å²) >= 11 is 0. The normalized spacial score (nSPS) is 14.5. The smallest absolute Gasteiger partial charge is 0.323 e. The summed E-state index contributed by atoms with van der Waals surface area (Å²) in [6.07, 6.45) is 3.65. The number of carboxylic acid groups (broad SMARTS) is 1. The Bertz CT molecular complexity index is 638. The third kappa shape index (κ3) is 2.31. The molecule has 0 aliphatic heterocycles. The lowest BCUT2D eigenvalue weighted by Gasteiger charge is -2.22. The third-order valence-corrected chi connectivity index (χ3v) is 3.29. The Kier molecular flexibility index (Phi) is 2.74. The Hall–Kier alpha value is -2.30. The minimum Gasteiger partial charge on any atom is -0.508 e. The van der Waals surface area contributed by atoms with Gasteiger partial charge in [0.05, 0.1) is 0 Å². The number of phenols is 1. The number of hydrogen-bond donors (Lipinski definition) is 2. The number of aliphatic carboxylic acids is 1. The van der Waals surface area contributed by atoms with Crippen LogP contribution in [0.1, 0.15) is 12.8 Å². The minimum absolute atomic E-state index is 0.0631. The molecule has 0 spiro atoms. The zero-order chi connectivity index (χ0) is 13.4. The first-order valence-electron chi connectivity index (χ1n) is 6.21. The molecular weight excluding hydrogens is 244 g/mol. The Morgan fingerprint density at radius 1 is 1.37 bits per heavy atom. The van der Waals surface area contributed by atoms with E-state index in [4.69, 9.17) is 5.11 Å². The molecule has 0 unspecified atom stereocenters. The van der Waals surface area contributed by atoms with Gasteiger partial charge in [-0.25, -0.2) is 4.98 Å². The van der Waals surface area contributed by atoms with Crippen LogP contribution in [0.2, 0.25) is 0 Å². The van der Waals surface area contributed by atoms with Crippen molar-refractivity contribution in [3.63, 3.8) is 0 Å². The summed E-state index contributed by atoms with van der Waals surface area (Å²) < 4.78 is 0. The summed E-state index contributed by atoms with van der Waals surface area (Å²) in [5, 5.41) is 20.4. The molecule has 1 fully saturated rings. The van der Waals surface area contributed by atoms with Crippen molar-refractivity contribution < 1.29 is 15.0 Å². The zero-order valence-electron chi connectivity index (χ0n) is 10.3. The molecule has 0 radical (unpaired) electrons. The lowest BCUT2D eigenvalue weighted by atomic mass is 10.1. The van der Waals surface area contributed by atoms with Crippen LogP contribution in [0.15, 0.2) is 30.5 Å². The molecule has 1 aromatic carbocycles. The van der Waals surface area contributed by atoms with Gasteiger partial charge < -0.3 is 15.1 Å². The van der Waals surface area contributed by atoms with E-state index < -0.39 is 5.97 Å². The topological polar surface area (TPSA) is 73.7 Å². The predicted molar refractivity (Wildman–Crippen MR) is 71.4 cm³/mol. The number of phenolic OH excluding ortho intramolecular Hbond substituents is 1. The number of rotatable bonds is 4. The molecule has 1 aromatic heterocycles. The number of aromatic nitrogens is 1. The largest absolute Gasteiger partial charge is 0.508 e. The van der Waals surface area contributed by atoms with Crippen LogP contribution in [0.4, 0.5) is 5.82 Å². The van der Waals surface area contributed by atoms with Crippen molar-refractivity contribution in [2.45, 2.75) is 18.9 Å². The van der Waals surface area contributed by atoms with Crippen molar-refractivity contribution in [3.05, 3.63) is 30.5 Å². The quantitative estimate of drug-likeness (QED) is 0.877. The number of hydrogen-bond acceptors (Lipinski definition) is 4. The molecule has 1 saturated carbocycles. The maximum Gasteiger partial charge on any atom is 0.323 e. The molecule has 5 nitrogen and oxygen atoms in total. The van der Waals surface area contributed by atoms with Gasteiger partial charge >= 0.3 is 5.97 Å². The first-order chi connectivity index (χ1) is 9.15. The predicted octanol–water partition coefficient (Wildman–Crippen LogP) is 1.99. The number of carbonyl (C=O) groups is 1. The maximum atomic E-state index is 11.0. The first kappa shape index (κ1) is 11.8. The van der Waals surface area contributed by atoms with E-state index in [0.717, 1.165) is 23.6 Å². The molecule has 0 saturated heterocycles. The van der Waals surface area contributed by atoms with Gasteiger partial charge in [0, 0.05) is 17.6 Å². The first-order valence-corrected chi connectivity index (χ1v) is 6.21. The Labute approximate surface area is 110 Å². The van der Waals surface area contributed by atoms with Crippen LogP contribution in [0.25, 0.3) is 10.8 Å². The van der Waals surface area contributed by atoms with Gasteiger partial charge in [0.1, 0.15) is 18.1 Å². The van der Waals surface area contributed by atoms with Crippen molar-refractivity contribution in [1.29, 1.82) is 0 Å². The highest BCUT2D eigenvalue weighted by atomic mass is 16.4. The molecule has 2 aromatic rings. The average Bonchev–Trinajstić information content (AvgIpc) is 3.19. The van der Waals surface area contributed by atoms with Gasteiger partial charge in [-0.05, 0) is 36.4 Å². The SMILES string of the molecule is O=C(O)CN(c1nccc2ccc(O)cc12)C1CC1. The summed E-state index contributed by atoms with van der Waals surface area (Å²) in [5.74, 6) is -0.0722. The van der Waals surface area contributed by atoms with Crippen molar-refractivity contribution in [2.75, 3.05) is 11.4 Å². The number of pyridine rings is 1. The van der Waals surface area contributed by atoms with Crippen molar-refractivity contribution in [3.8, 4) is 5.75 Å². The van der Waals surface area contributed by atoms with Gasteiger partial charge in [-0.3, -0.25) is 4.79 Å². The van der Waals surface area contributed by atoms with Crippen molar-refractivity contribution in [2.24, 2.45) is 0 Å². The van der Waals surface area contributed by atoms with E-state index in [9.17, 15) is 9.90 Å². The Morgan fingerprint density at radius 3 is 2.84 bits per heavy atom. The third-order valence-electron chi connectivity index (χ3n) is 3.29. The fourth-order valence-corrected chi connectivity index (χ4v) is 2.28. The highest BCUT2D eigenvalue weighted by molar-refractivity contribution is 5.94. The fourth-order valence-electron chi connectivity index (χ4n) is 2.28. The van der Waals surface area contributed by atoms with Crippen LogP contribution in [0, 0.1) is 0 Å². The molecule has 0 amide bonds. The minimum atomic E-state index is -0.870. The second-order valence-corrected chi connectivity index (χ2v) is 4.79. The van der Waals surface area contributed by atoms with E-state index in [1.54, 1.807) is 18.3 Å². The number of benzene rings is 1. The van der Waals surface area contributed by atoms with Gasteiger partial charge in [0.25, 0.3) is 0 Å². The fraction of sp³-hybridized carbons (Fsp3) is 0.286. The van der Waals surface area contributed by atoms with E-state index in [-0.39, 0.29) is 18.3 Å². The second kappa shape index (κ2) is 4.42. The summed E-state index contributed by atoms with van der Waals surface area (Å²) in [4.78, 5) is 17.1. The van der Waals surface area contributed by atoms with Gasteiger partial charge in [-0.1, -0.05) is 6.07 Å². The van der Waals surface area contributed by atoms with Gasteiger partial charge in [-0.15, -0.1) is 0 Å². The molecule has 1 aliphatic carbocycles. The van der Waals surface area contributed by atoms with Gasteiger partial charge in [0.2, 0.25) is 0 Å². The number of anilines is 1. The molecule has 3 rings (SSSR count). The van der Waals surface area contributed by atoms with Crippen LogP contribution in [0.5, 0.6) is 5.75 Å². The molecule has 0 bridgehead atoms. The van der Waals surface area contributed by atoms with Crippen molar-refractivity contribution >= 4 is 22.6 Å². The molecule has 2 N–H and O–H groups in total.